The maximum absolute atomic E-state index is 12.9. The number of carbonyl (C=O) groups excluding carboxylic acids is 1. The summed E-state index contributed by atoms with van der Waals surface area (Å²) >= 11 is 0. The van der Waals surface area contributed by atoms with Crippen molar-refractivity contribution in [3.63, 3.8) is 0 Å². The molecule has 0 spiro atoms. The zero-order valence-electron chi connectivity index (χ0n) is 13.1. The number of aromatic nitrogens is 3. The molecule has 22 heavy (non-hydrogen) atoms. The minimum absolute atomic E-state index is 0.0167. The fraction of sp³-hybridized carbons (Fsp3) is 0.500. The van der Waals surface area contributed by atoms with Crippen LogP contribution in [0.2, 0.25) is 0 Å². The van der Waals surface area contributed by atoms with Gasteiger partial charge in [-0.1, -0.05) is 0 Å². The molecule has 2 aromatic heterocycles. The van der Waals surface area contributed by atoms with Crippen LogP contribution in [0, 0.1) is 31.1 Å². The molecule has 1 aliphatic rings. The van der Waals surface area contributed by atoms with Crippen molar-refractivity contribution >= 4 is 16.9 Å². The number of aryl methyl sites for hydroxylation is 3. The molecule has 0 bridgehead atoms. The second kappa shape index (κ2) is 5.41. The van der Waals surface area contributed by atoms with E-state index in [9.17, 15) is 4.79 Å². The molecule has 0 aromatic carbocycles. The number of pyridine rings is 1. The van der Waals surface area contributed by atoms with E-state index in [-0.39, 0.29) is 11.8 Å². The highest BCUT2D eigenvalue weighted by atomic mass is 16.2. The lowest BCUT2D eigenvalue weighted by atomic mass is 9.97. The van der Waals surface area contributed by atoms with Crippen molar-refractivity contribution < 1.29 is 4.79 Å². The molecule has 6 nitrogen and oxygen atoms in total. The molecule has 0 unspecified atom stereocenters. The maximum atomic E-state index is 12.9. The quantitative estimate of drug-likeness (QED) is 0.806. The Labute approximate surface area is 129 Å². The summed E-state index contributed by atoms with van der Waals surface area (Å²) in [5.41, 5.74) is 3.04. The molecule has 3 heterocycles. The zero-order valence-corrected chi connectivity index (χ0v) is 13.1. The van der Waals surface area contributed by atoms with Crippen LogP contribution in [0.15, 0.2) is 6.07 Å². The van der Waals surface area contributed by atoms with Crippen molar-refractivity contribution in [1.82, 2.24) is 19.7 Å². The summed E-state index contributed by atoms with van der Waals surface area (Å²) in [5.74, 6) is 0.0892. The molecular formula is C16H19N5O. The molecule has 2 aromatic rings. The van der Waals surface area contributed by atoms with E-state index in [1.807, 2.05) is 31.9 Å². The Morgan fingerprint density at radius 1 is 1.36 bits per heavy atom. The number of hydrogen-bond acceptors (Lipinski definition) is 4. The lowest BCUT2D eigenvalue weighted by molar-refractivity contribution is 0.0709. The van der Waals surface area contributed by atoms with Gasteiger partial charge in [-0.3, -0.25) is 9.48 Å². The molecule has 1 aliphatic heterocycles. The van der Waals surface area contributed by atoms with Crippen molar-refractivity contribution in [2.45, 2.75) is 26.7 Å². The van der Waals surface area contributed by atoms with Gasteiger partial charge in [-0.2, -0.15) is 10.4 Å². The first kappa shape index (κ1) is 14.5. The largest absolute Gasteiger partial charge is 0.339 e. The monoisotopic (exact) mass is 297 g/mol. The number of likely N-dealkylation sites (tertiary alicyclic amines) is 1. The third-order valence-corrected chi connectivity index (χ3v) is 4.29. The number of nitrogens with zero attached hydrogens (tertiary/aromatic N) is 5. The predicted octanol–water partition coefficient (Wildman–Crippen LogP) is 1.96. The van der Waals surface area contributed by atoms with Crippen molar-refractivity contribution in [3.8, 4) is 6.07 Å². The van der Waals surface area contributed by atoms with Gasteiger partial charge in [0.2, 0.25) is 0 Å². The molecule has 1 saturated heterocycles. The normalized spacial score (nSPS) is 16.0. The van der Waals surface area contributed by atoms with Gasteiger partial charge in [-0.25, -0.2) is 4.98 Å². The van der Waals surface area contributed by atoms with Gasteiger partial charge in [-0.15, -0.1) is 0 Å². The molecule has 0 aliphatic carbocycles. The van der Waals surface area contributed by atoms with Crippen LogP contribution in [0.5, 0.6) is 0 Å². The van der Waals surface area contributed by atoms with Gasteiger partial charge in [0.1, 0.15) is 0 Å². The Balaban J connectivity index is 2.00. The third-order valence-electron chi connectivity index (χ3n) is 4.29. The van der Waals surface area contributed by atoms with Gasteiger partial charge in [0.25, 0.3) is 5.91 Å². The number of amides is 1. The minimum Gasteiger partial charge on any atom is -0.339 e. The zero-order chi connectivity index (χ0) is 15.9. The summed E-state index contributed by atoms with van der Waals surface area (Å²) in [5, 5.41) is 14.2. The van der Waals surface area contributed by atoms with Crippen LogP contribution in [0.3, 0.4) is 0 Å². The number of piperidine rings is 1. The lowest BCUT2D eigenvalue weighted by Gasteiger charge is -2.29. The predicted molar refractivity (Wildman–Crippen MR) is 82.2 cm³/mol. The molecule has 0 radical (unpaired) electrons. The van der Waals surface area contributed by atoms with Crippen LogP contribution in [0.25, 0.3) is 11.0 Å². The summed E-state index contributed by atoms with van der Waals surface area (Å²) in [6, 6.07) is 4.14. The fourth-order valence-electron chi connectivity index (χ4n) is 3.12. The topological polar surface area (TPSA) is 74.8 Å². The van der Waals surface area contributed by atoms with Crippen LogP contribution in [0.1, 0.15) is 34.6 Å². The van der Waals surface area contributed by atoms with E-state index < -0.39 is 0 Å². The minimum atomic E-state index is 0.0167. The van der Waals surface area contributed by atoms with Crippen molar-refractivity contribution in [2.75, 3.05) is 13.1 Å². The standard InChI is InChI=1S/C16H19N5O/c1-10-8-13(14-11(2)19-20(3)15(14)18-10)16(22)21-6-4-12(9-17)5-7-21/h8,12H,4-7H2,1-3H3. The average Bonchev–Trinajstić information content (AvgIpc) is 2.80. The Morgan fingerprint density at radius 2 is 2.05 bits per heavy atom. The first-order valence-corrected chi connectivity index (χ1v) is 7.51. The van der Waals surface area contributed by atoms with E-state index >= 15 is 0 Å². The highest BCUT2D eigenvalue weighted by Crippen LogP contribution is 2.25. The summed E-state index contributed by atoms with van der Waals surface area (Å²) in [7, 11) is 1.84. The van der Waals surface area contributed by atoms with Crippen LogP contribution in [-0.4, -0.2) is 38.7 Å². The molecule has 114 valence electrons. The molecule has 1 amide bonds. The number of fused-ring (bicyclic) bond motifs is 1. The number of hydrogen-bond donors (Lipinski definition) is 0. The second-order valence-electron chi connectivity index (χ2n) is 5.91. The molecular weight excluding hydrogens is 278 g/mol. The average molecular weight is 297 g/mol. The lowest BCUT2D eigenvalue weighted by Crippen LogP contribution is -2.38. The van der Waals surface area contributed by atoms with E-state index in [1.165, 1.54) is 0 Å². The first-order valence-electron chi connectivity index (χ1n) is 7.51. The summed E-state index contributed by atoms with van der Waals surface area (Å²) in [4.78, 5) is 19.2. The Bertz CT molecular complexity index is 778. The molecule has 0 N–H and O–H groups in total. The third kappa shape index (κ3) is 2.33. The molecule has 1 fully saturated rings. The van der Waals surface area contributed by atoms with Crippen LogP contribution in [-0.2, 0) is 7.05 Å². The Hall–Kier alpha value is -2.42. The molecule has 6 heteroatoms. The van der Waals surface area contributed by atoms with Gasteiger partial charge < -0.3 is 4.90 Å². The van der Waals surface area contributed by atoms with Crippen LogP contribution in [0.4, 0.5) is 0 Å². The summed E-state index contributed by atoms with van der Waals surface area (Å²) < 4.78 is 1.72. The van der Waals surface area contributed by atoms with Crippen molar-refractivity contribution in [1.29, 1.82) is 5.26 Å². The second-order valence-corrected chi connectivity index (χ2v) is 5.91. The number of rotatable bonds is 1. The number of nitriles is 1. The SMILES string of the molecule is Cc1cc(C(=O)N2CCC(C#N)CC2)c2c(C)nn(C)c2n1. The molecule has 3 rings (SSSR count). The number of carbonyl (C=O) groups is 1. The van der Waals surface area contributed by atoms with Gasteiger partial charge in [-0.05, 0) is 32.8 Å². The van der Waals surface area contributed by atoms with Crippen LogP contribution >= 0.6 is 0 Å². The van der Waals surface area contributed by atoms with Crippen LogP contribution < -0.4 is 0 Å². The van der Waals surface area contributed by atoms with E-state index in [0.29, 0.717) is 18.7 Å². The fourth-order valence-corrected chi connectivity index (χ4v) is 3.12. The summed E-state index contributed by atoms with van der Waals surface area (Å²) in [6.45, 7) is 5.07. The Kier molecular flexibility index (Phi) is 3.57. The van der Waals surface area contributed by atoms with Gasteiger partial charge >= 0.3 is 0 Å². The van der Waals surface area contributed by atoms with Gasteiger partial charge in [0.15, 0.2) is 5.65 Å². The van der Waals surface area contributed by atoms with E-state index in [0.717, 1.165) is 35.3 Å². The van der Waals surface area contributed by atoms with Crippen molar-refractivity contribution in [2.24, 2.45) is 13.0 Å². The van der Waals surface area contributed by atoms with E-state index in [1.54, 1.807) is 4.68 Å². The molecule has 0 saturated carbocycles. The summed E-state index contributed by atoms with van der Waals surface area (Å²) in [6.07, 6.45) is 1.50. The smallest absolute Gasteiger partial charge is 0.254 e. The highest BCUT2D eigenvalue weighted by molar-refractivity contribution is 6.06. The van der Waals surface area contributed by atoms with Gasteiger partial charge in [0, 0.05) is 31.7 Å². The van der Waals surface area contributed by atoms with E-state index in [2.05, 4.69) is 16.2 Å². The van der Waals surface area contributed by atoms with Crippen molar-refractivity contribution in [3.05, 3.63) is 23.0 Å². The molecule has 0 atom stereocenters. The van der Waals surface area contributed by atoms with E-state index in [4.69, 9.17) is 5.26 Å². The maximum Gasteiger partial charge on any atom is 0.254 e. The first-order chi connectivity index (χ1) is 10.5. The highest BCUT2D eigenvalue weighted by Gasteiger charge is 2.26. The van der Waals surface area contributed by atoms with Gasteiger partial charge in [0.05, 0.1) is 22.7 Å². The Morgan fingerprint density at radius 3 is 2.68 bits per heavy atom.